The molecule has 2 aromatic heterocycles. The Morgan fingerprint density at radius 1 is 1.23 bits per heavy atom. The summed E-state index contributed by atoms with van der Waals surface area (Å²) in [5.74, 6) is 0.225. The van der Waals surface area contributed by atoms with E-state index in [1.807, 2.05) is 6.07 Å². The Balaban J connectivity index is 1.71. The van der Waals surface area contributed by atoms with Crippen molar-refractivity contribution >= 4 is 29.1 Å². The number of rotatable bonds is 7. The number of aromatic nitrogens is 5. The van der Waals surface area contributed by atoms with Gasteiger partial charge < -0.3 is 25.4 Å². The molecule has 31 heavy (non-hydrogen) atoms. The van der Waals surface area contributed by atoms with Gasteiger partial charge in [0.15, 0.2) is 23.1 Å². The van der Waals surface area contributed by atoms with Crippen molar-refractivity contribution in [3.05, 3.63) is 36.3 Å². The number of carbonyl (C=O) groups excluding carboxylic acids is 2. The van der Waals surface area contributed by atoms with E-state index >= 15 is 0 Å². The van der Waals surface area contributed by atoms with Crippen molar-refractivity contribution in [1.82, 2.24) is 30.3 Å². The number of nitrogens with zero attached hydrogens (tertiary/aromatic N) is 5. The van der Waals surface area contributed by atoms with E-state index in [4.69, 9.17) is 9.47 Å². The lowest BCUT2D eigenvalue weighted by Crippen LogP contribution is -2.21. The lowest BCUT2D eigenvalue weighted by atomic mass is 10.1. The summed E-state index contributed by atoms with van der Waals surface area (Å²) in [7, 11) is 4.53. The Hall–Kier alpha value is -4.06. The van der Waals surface area contributed by atoms with Crippen LogP contribution in [0, 0.1) is 0 Å². The first-order valence-corrected chi connectivity index (χ1v) is 9.30. The quantitative estimate of drug-likeness (QED) is 0.365. The average Bonchev–Trinajstić information content (AvgIpc) is 3.54. The lowest BCUT2D eigenvalue weighted by molar-refractivity contribution is -0.115. The summed E-state index contributed by atoms with van der Waals surface area (Å²) in [6, 6.07) is 6.63. The van der Waals surface area contributed by atoms with Gasteiger partial charge in [-0.25, -0.2) is 9.78 Å². The number of carbonyl (C=O) groups is 2. The molecule has 1 amide bonds. The van der Waals surface area contributed by atoms with Crippen LogP contribution >= 0.6 is 0 Å². The first kappa shape index (κ1) is 20.2. The van der Waals surface area contributed by atoms with E-state index in [0.717, 1.165) is 0 Å². The van der Waals surface area contributed by atoms with Crippen molar-refractivity contribution in [2.75, 3.05) is 31.4 Å². The maximum absolute atomic E-state index is 12.2. The average molecular weight is 424 g/mol. The molecule has 1 aliphatic heterocycles. The third-order valence-corrected chi connectivity index (χ3v) is 4.48. The highest BCUT2D eigenvalue weighted by Crippen LogP contribution is 2.37. The second-order valence-corrected chi connectivity index (χ2v) is 6.69. The molecule has 3 N–H and O–H groups in total. The predicted molar refractivity (Wildman–Crippen MR) is 110 cm³/mol. The van der Waals surface area contributed by atoms with Crippen LogP contribution in [0.15, 0.2) is 30.6 Å². The Kier molecular flexibility index (Phi) is 5.45. The van der Waals surface area contributed by atoms with Crippen LogP contribution in [-0.4, -0.2) is 63.6 Å². The predicted octanol–water partition coefficient (Wildman–Crippen LogP) is 0.721. The third-order valence-electron chi connectivity index (χ3n) is 4.48. The molecule has 12 heteroatoms. The van der Waals surface area contributed by atoms with Crippen LogP contribution in [0.4, 0.5) is 17.2 Å². The van der Waals surface area contributed by atoms with Gasteiger partial charge in [-0.2, -0.15) is 5.10 Å². The third kappa shape index (κ3) is 4.28. The molecule has 1 saturated heterocycles. The molecule has 160 valence electrons. The van der Waals surface area contributed by atoms with E-state index in [1.165, 1.54) is 20.3 Å². The van der Waals surface area contributed by atoms with Gasteiger partial charge in [-0.3, -0.25) is 9.48 Å². The van der Waals surface area contributed by atoms with Crippen molar-refractivity contribution in [3.63, 3.8) is 0 Å². The van der Waals surface area contributed by atoms with Gasteiger partial charge >= 0.3 is 5.97 Å². The number of anilines is 3. The summed E-state index contributed by atoms with van der Waals surface area (Å²) in [5, 5.41) is 20.8. The van der Waals surface area contributed by atoms with Crippen molar-refractivity contribution in [1.29, 1.82) is 0 Å². The molecule has 1 atom stereocenters. The number of aryl methyl sites for hydroxylation is 1. The number of nitrogens with one attached hydrogen (secondary N) is 3. The fraction of sp³-hybridized carbons (Fsp3) is 0.263. The minimum absolute atomic E-state index is 0.0477. The van der Waals surface area contributed by atoms with E-state index in [2.05, 4.69) is 36.2 Å². The topological polar surface area (TPSA) is 155 Å². The maximum Gasteiger partial charge on any atom is 0.360 e. The van der Waals surface area contributed by atoms with Crippen LogP contribution in [0.5, 0.6) is 5.75 Å². The number of para-hydroxylation sites is 1. The summed E-state index contributed by atoms with van der Waals surface area (Å²) < 4.78 is 12.0. The van der Waals surface area contributed by atoms with Gasteiger partial charge in [0.25, 0.3) is 0 Å². The summed E-state index contributed by atoms with van der Waals surface area (Å²) in [4.78, 5) is 28.5. The molecule has 0 saturated carbocycles. The zero-order valence-corrected chi connectivity index (χ0v) is 17.0. The smallest absolute Gasteiger partial charge is 0.360 e. The number of ether oxygens (including phenoxy) is 2. The normalized spacial score (nSPS) is 14.6. The van der Waals surface area contributed by atoms with Gasteiger partial charge in [0.2, 0.25) is 5.91 Å². The van der Waals surface area contributed by atoms with Crippen molar-refractivity contribution in [2.45, 2.75) is 6.04 Å². The molecule has 3 aromatic rings. The molecule has 0 spiro atoms. The molecule has 12 nitrogen and oxygen atoms in total. The summed E-state index contributed by atoms with van der Waals surface area (Å²) in [6.07, 6.45) is 1.58. The largest absolute Gasteiger partial charge is 0.494 e. The molecule has 0 bridgehead atoms. The van der Waals surface area contributed by atoms with E-state index in [9.17, 15) is 9.59 Å². The first-order valence-electron chi connectivity index (χ1n) is 9.30. The van der Waals surface area contributed by atoms with Crippen LogP contribution in [-0.2, 0) is 16.6 Å². The molecule has 3 heterocycles. The minimum atomic E-state index is -0.682. The lowest BCUT2D eigenvalue weighted by Gasteiger charge is -2.15. The zero-order valence-electron chi connectivity index (χ0n) is 17.0. The van der Waals surface area contributed by atoms with Crippen molar-refractivity contribution < 1.29 is 19.1 Å². The molecule has 0 aliphatic carbocycles. The van der Waals surface area contributed by atoms with Gasteiger partial charge in [0, 0.05) is 19.7 Å². The second-order valence-electron chi connectivity index (χ2n) is 6.69. The van der Waals surface area contributed by atoms with Crippen LogP contribution < -0.4 is 20.7 Å². The van der Waals surface area contributed by atoms with Gasteiger partial charge in [-0.05, 0) is 12.1 Å². The fourth-order valence-electron chi connectivity index (χ4n) is 2.89. The standard InChI is InChI=1S/C19H20N8O4/c1-27-9-21-17(26-27)10-5-4-6-11(16(10)30-2)22-12-7-14(23-18(28)13-8-20-13)24-25-15(12)19(29)31-3/h4-7,9,13,20H,8H2,1-3H3,(H2,22,23,24,28). The molecular formula is C19H20N8O4. The minimum Gasteiger partial charge on any atom is -0.494 e. The van der Waals surface area contributed by atoms with Gasteiger partial charge in [0.1, 0.15) is 6.33 Å². The molecular weight excluding hydrogens is 404 g/mol. The Morgan fingerprint density at radius 2 is 2.03 bits per heavy atom. The van der Waals surface area contributed by atoms with Crippen LogP contribution in [0.25, 0.3) is 11.4 Å². The van der Waals surface area contributed by atoms with Crippen molar-refractivity contribution in [2.24, 2.45) is 7.05 Å². The van der Waals surface area contributed by atoms with Gasteiger partial charge in [-0.15, -0.1) is 10.2 Å². The highest BCUT2D eigenvalue weighted by atomic mass is 16.5. The molecule has 0 radical (unpaired) electrons. The number of hydrogen-bond acceptors (Lipinski definition) is 10. The summed E-state index contributed by atoms with van der Waals surface area (Å²) in [6.45, 7) is 0.607. The number of methoxy groups -OCH3 is 2. The summed E-state index contributed by atoms with van der Waals surface area (Å²) >= 11 is 0. The van der Waals surface area contributed by atoms with Crippen molar-refractivity contribution in [3.8, 4) is 17.1 Å². The fourth-order valence-corrected chi connectivity index (χ4v) is 2.89. The Labute approximate surface area is 177 Å². The first-order chi connectivity index (χ1) is 15.0. The number of hydrogen-bond donors (Lipinski definition) is 3. The Bertz CT molecular complexity index is 1140. The second kappa shape index (κ2) is 8.36. The maximum atomic E-state index is 12.2. The number of benzene rings is 1. The highest BCUT2D eigenvalue weighted by molar-refractivity contribution is 5.98. The van der Waals surface area contributed by atoms with E-state index < -0.39 is 5.97 Å². The van der Waals surface area contributed by atoms with Crippen LogP contribution in [0.2, 0.25) is 0 Å². The van der Waals surface area contributed by atoms with E-state index in [1.54, 1.807) is 30.2 Å². The van der Waals surface area contributed by atoms with E-state index in [0.29, 0.717) is 29.4 Å². The molecule has 1 fully saturated rings. The highest BCUT2D eigenvalue weighted by Gasteiger charge is 2.29. The number of esters is 1. The summed E-state index contributed by atoms with van der Waals surface area (Å²) in [5.41, 5.74) is 1.42. The SMILES string of the molecule is COC(=O)c1nnc(NC(=O)C2CN2)cc1Nc1cccc(-c2ncn(C)n2)c1OC. The number of amides is 1. The molecule has 1 aliphatic rings. The Morgan fingerprint density at radius 3 is 2.68 bits per heavy atom. The molecule has 1 aromatic carbocycles. The van der Waals surface area contributed by atoms with Gasteiger partial charge in [-0.1, -0.05) is 6.07 Å². The van der Waals surface area contributed by atoms with Gasteiger partial charge in [0.05, 0.1) is 37.2 Å². The van der Waals surface area contributed by atoms with Crippen LogP contribution in [0.1, 0.15) is 10.5 Å². The zero-order chi connectivity index (χ0) is 22.0. The molecule has 4 rings (SSSR count). The molecule has 1 unspecified atom stereocenters. The van der Waals surface area contributed by atoms with E-state index in [-0.39, 0.29) is 29.1 Å². The van der Waals surface area contributed by atoms with Crippen LogP contribution in [0.3, 0.4) is 0 Å². The monoisotopic (exact) mass is 424 g/mol.